The van der Waals surface area contributed by atoms with Gasteiger partial charge in [0.1, 0.15) is 5.01 Å². The molecule has 1 N–H and O–H groups in total. The van der Waals surface area contributed by atoms with Crippen LogP contribution in [0.15, 0.2) is 29.8 Å². The first-order valence-corrected chi connectivity index (χ1v) is 7.00. The molecule has 0 bridgehead atoms. The van der Waals surface area contributed by atoms with Gasteiger partial charge >= 0.3 is 0 Å². The van der Waals surface area contributed by atoms with Crippen LogP contribution in [-0.2, 0) is 6.54 Å². The number of fused-ring (bicyclic) bond motifs is 1. The van der Waals surface area contributed by atoms with Crippen LogP contribution in [0.5, 0.6) is 0 Å². The maximum absolute atomic E-state index is 4.54. The lowest BCUT2D eigenvalue weighted by Crippen LogP contribution is -1.97. The minimum atomic E-state index is 0.746. The number of aromatic nitrogens is 2. The van der Waals surface area contributed by atoms with E-state index in [9.17, 15) is 0 Å². The highest BCUT2D eigenvalue weighted by atomic mass is 32.1. The van der Waals surface area contributed by atoms with Crippen LogP contribution in [-0.4, -0.2) is 9.97 Å². The molecule has 17 heavy (non-hydrogen) atoms. The third kappa shape index (κ3) is 2.30. The van der Waals surface area contributed by atoms with Gasteiger partial charge in [0.25, 0.3) is 0 Å². The van der Waals surface area contributed by atoms with Gasteiger partial charge in [-0.3, -0.25) is 0 Å². The van der Waals surface area contributed by atoms with E-state index in [1.54, 1.807) is 22.7 Å². The maximum Gasteiger partial charge on any atom is 0.184 e. The monoisotopic (exact) mass is 261 g/mol. The molecular weight excluding hydrogens is 250 g/mol. The molecule has 2 heterocycles. The highest BCUT2D eigenvalue weighted by molar-refractivity contribution is 7.22. The number of anilines is 1. The van der Waals surface area contributed by atoms with Crippen molar-refractivity contribution in [3.05, 3.63) is 40.3 Å². The van der Waals surface area contributed by atoms with Gasteiger partial charge in [0.2, 0.25) is 0 Å². The van der Waals surface area contributed by atoms with Crippen LogP contribution < -0.4 is 5.32 Å². The van der Waals surface area contributed by atoms with Crippen molar-refractivity contribution in [1.82, 2.24) is 9.97 Å². The van der Waals surface area contributed by atoms with E-state index < -0.39 is 0 Å². The maximum atomic E-state index is 4.54. The van der Waals surface area contributed by atoms with Crippen LogP contribution in [0, 0.1) is 6.92 Å². The van der Waals surface area contributed by atoms with E-state index in [4.69, 9.17) is 0 Å². The van der Waals surface area contributed by atoms with Gasteiger partial charge in [0.05, 0.1) is 16.8 Å². The fourth-order valence-electron chi connectivity index (χ4n) is 1.60. The summed E-state index contributed by atoms with van der Waals surface area (Å²) in [5.74, 6) is 0. The van der Waals surface area contributed by atoms with E-state index in [1.165, 1.54) is 10.3 Å². The molecule has 3 aromatic rings. The fourth-order valence-corrected chi connectivity index (χ4v) is 3.11. The number of rotatable bonds is 3. The zero-order valence-corrected chi connectivity index (χ0v) is 10.9. The van der Waals surface area contributed by atoms with E-state index in [-0.39, 0.29) is 0 Å². The summed E-state index contributed by atoms with van der Waals surface area (Å²) >= 11 is 3.34. The first kappa shape index (κ1) is 10.7. The van der Waals surface area contributed by atoms with Crippen molar-refractivity contribution in [2.24, 2.45) is 0 Å². The number of benzene rings is 1. The average Bonchev–Trinajstić information content (AvgIpc) is 2.94. The summed E-state index contributed by atoms with van der Waals surface area (Å²) in [5, 5.41) is 7.34. The van der Waals surface area contributed by atoms with Gasteiger partial charge in [-0.2, -0.15) is 0 Å². The van der Waals surface area contributed by atoms with E-state index in [1.807, 2.05) is 11.6 Å². The largest absolute Gasteiger partial charge is 0.355 e. The normalized spacial score (nSPS) is 10.9. The molecule has 0 spiro atoms. The third-order valence-corrected chi connectivity index (χ3v) is 4.17. The summed E-state index contributed by atoms with van der Waals surface area (Å²) in [6.07, 6.45) is 1.82. The molecule has 1 aromatic carbocycles. The van der Waals surface area contributed by atoms with Crippen LogP contribution in [0.25, 0.3) is 10.2 Å². The topological polar surface area (TPSA) is 37.8 Å². The molecule has 2 aromatic heterocycles. The second-order valence-electron chi connectivity index (χ2n) is 3.77. The Balaban J connectivity index is 1.81. The number of thiazole rings is 2. The van der Waals surface area contributed by atoms with Gasteiger partial charge in [0.15, 0.2) is 5.13 Å². The average molecular weight is 261 g/mol. The van der Waals surface area contributed by atoms with Gasteiger partial charge in [-0.15, -0.1) is 11.3 Å². The second-order valence-corrected chi connectivity index (χ2v) is 5.78. The van der Waals surface area contributed by atoms with Gasteiger partial charge in [-0.1, -0.05) is 17.4 Å². The molecular formula is C12H11N3S2. The SMILES string of the molecule is Cc1ccc2nc(NCc3nccs3)sc2c1. The summed E-state index contributed by atoms with van der Waals surface area (Å²) in [4.78, 5) is 8.77. The molecule has 0 aliphatic carbocycles. The summed E-state index contributed by atoms with van der Waals surface area (Å²) in [5.41, 5.74) is 2.33. The summed E-state index contributed by atoms with van der Waals surface area (Å²) in [6, 6.07) is 6.32. The van der Waals surface area contributed by atoms with Gasteiger partial charge in [-0.25, -0.2) is 9.97 Å². The zero-order valence-electron chi connectivity index (χ0n) is 9.30. The van der Waals surface area contributed by atoms with Crippen molar-refractivity contribution in [2.75, 3.05) is 5.32 Å². The summed E-state index contributed by atoms with van der Waals surface area (Å²) in [7, 11) is 0. The van der Waals surface area contributed by atoms with Gasteiger partial charge in [-0.05, 0) is 24.6 Å². The Kier molecular flexibility index (Phi) is 2.78. The number of aryl methyl sites for hydroxylation is 1. The first-order chi connectivity index (χ1) is 8.31. The lowest BCUT2D eigenvalue weighted by Gasteiger charge is -1.96. The molecule has 3 rings (SSSR count). The Labute approximate surface area is 107 Å². The molecule has 0 fully saturated rings. The Hall–Kier alpha value is -1.46. The quantitative estimate of drug-likeness (QED) is 0.781. The van der Waals surface area contributed by atoms with Crippen molar-refractivity contribution < 1.29 is 0 Å². The Morgan fingerprint density at radius 1 is 1.35 bits per heavy atom. The minimum Gasteiger partial charge on any atom is -0.355 e. The van der Waals surface area contributed by atoms with Crippen LogP contribution in [0.2, 0.25) is 0 Å². The minimum absolute atomic E-state index is 0.746. The fraction of sp³-hybridized carbons (Fsp3) is 0.167. The summed E-state index contributed by atoms with van der Waals surface area (Å²) < 4.78 is 1.23. The van der Waals surface area contributed by atoms with Crippen LogP contribution in [0.1, 0.15) is 10.6 Å². The van der Waals surface area contributed by atoms with E-state index in [0.717, 1.165) is 22.2 Å². The number of nitrogens with one attached hydrogen (secondary N) is 1. The smallest absolute Gasteiger partial charge is 0.184 e. The van der Waals surface area contributed by atoms with Crippen LogP contribution in [0.4, 0.5) is 5.13 Å². The molecule has 0 aliphatic rings. The molecule has 0 saturated carbocycles. The van der Waals surface area contributed by atoms with Gasteiger partial charge in [0, 0.05) is 11.6 Å². The Bertz CT molecular complexity index is 628. The van der Waals surface area contributed by atoms with Crippen LogP contribution >= 0.6 is 22.7 Å². The molecule has 3 nitrogen and oxygen atoms in total. The van der Waals surface area contributed by atoms with Crippen molar-refractivity contribution in [3.8, 4) is 0 Å². The molecule has 0 saturated heterocycles. The van der Waals surface area contributed by atoms with Crippen LogP contribution in [0.3, 0.4) is 0 Å². The van der Waals surface area contributed by atoms with E-state index in [0.29, 0.717) is 0 Å². The van der Waals surface area contributed by atoms with Gasteiger partial charge < -0.3 is 5.32 Å². The lowest BCUT2D eigenvalue weighted by atomic mass is 10.2. The zero-order chi connectivity index (χ0) is 11.7. The lowest BCUT2D eigenvalue weighted by molar-refractivity contribution is 1.10. The number of nitrogens with zero attached hydrogens (tertiary/aromatic N) is 2. The molecule has 0 aliphatic heterocycles. The van der Waals surface area contributed by atoms with E-state index in [2.05, 4.69) is 40.4 Å². The Morgan fingerprint density at radius 3 is 3.12 bits per heavy atom. The standard InChI is InChI=1S/C12H11N3S2/c1-8-2-3-9-10(6-8)17-12(15-9)14-7-11-13-4-5-16-11/h2-6H,7H2,1H3,(H,14,15). The highest BCUT2D eigenvalue weighted by Crippen LogP contribution is 2.27. The number of hydrogen-bond donors (Lipinski definition) is 1. The molecule has 86 valence electrons. The number of hydrogen-bond acceptors (Lipinski definition) is 5. The molecule has 0 radical (unpaired) electrons. The molecule has 0 unspecified atom stereocenters. The second kappa shape index (κ2) is 4.43. The molecule has 0 amide bonds. The van der Waals surface area contributed by atoms with Crippen molar-refractivity contribution in [3.63, 3.8) is 0 Å². The van der Waals surface area contributed by atoms with Crippen molar-refractivity contribution in [2.45, 2.75) is 13.5 Å². The van der Waals surface area contributed by atoms with E-state index >= 15 is 0 Å². The highest BCUT2D eigenvalue weighted by Gasteiger charge is 2.04. The van der Waals surface area contributed by atoms with Crippen molar-refractivity contribution >= 4 is 38.0 Å². The third-order valence-electron chi connectivity index (χ3n) is 2.42. The predicted molar refractivity (Wildman–Crippen MR) is 73.8 cm³/mol. The first-order valence-electron chi connectivity index (χ1n) is 5.31. The Morgan fingerprint density at radius 2 is 2.29 bits per heavy atom. The summed E-state index contributed by atoms with van der Waals surface area (Å²) in [6.45, 7) is 2.85. The van der Waals surface area contributed by atoms with Crippen molar-refractivity contribution in [1.29, 1.82) is 0 Å². The molecule has 5 heteroatoms. The predicted octanol–water partition coefficient (Wildman–Crippen LogP) is 3.67. The molecule has 0 atom stereocenters.